The van der Waals surface area contributed by atoms with E-state index in [2.05, 4.69) is 5.43 Å². The summed E-state index contributed by atoms with van der Waals surface area (Å²) in [4.78, 5) is 24.8. The normalized spacial score (nSPS) is 19.0. The van der Waals surface area contributed by atoms with E-state index in [1.165, 1.54) is 18.2 Å². The van der Waals surface area contributed by atoms with Gasteiger partial charge in [-0.2, -0.15) is 0 Å². The summed E-state index contributed by atoms with van der Waals surface area (Å²) in [6.45, 7) is 2.76. The smallest absolute Gasteiger partial charge is 0.293 e. The molecule has 114 valence electrons. The number of hydrazine groups is 1. The van der Waals surface area contributed by atoms with Crippen LogP contribution in [0.4, 0.5) is 11.4 Å². The SMILES string of the molecule is CC1CCCCCN1C(=O)c1ccc([N+](=O)[O-])c(NN)c1. The lowest BCUT2D eigenvalue weighted by Crippen LogP contribution is -2.38. The molecule has 0 bridgehead atoms. The van der Waals surface area contributed by atoms with E-state index in [-0.39, 0.29) is 23.3 Å². The van der Waals surface area contributed by atoms with Gasteiger partial charge in [-0.15, -0.1) is 0 Å². The minimum atomic E-state index is -0.530. The lowest BCUT2D eigenvalue weighted by molar-refractivity contribution is -0.384. The molecule has 1 aromatic carbocycles. The van der Waals surface area contributed by atoms with Crippen LogP contribution in [0.3, 0.4) is 0 Å². The molecule has 1 aromatic rings. The van der Waals surface area contributed by atoms with Gasteiger partial charge in [0.15, 0.2) is 0 Å². The molecule has 0 aromatic heterocycles. The number of nitrogen functional groups attached to an aromatic ring is 1. The van der Waals surface area contributed by atoms with Gasteiger partial charge in [-0.3, -0.25) is 20.8 Å². The van der Waals surface area contributed by atoms with Crippen LogP contribution in [-0.4, -0.2) is 28.3 Å². The van der Waals surface area contributed by atoms with Gasteiger partial charge in [0.2, 0.25) is 0 Å². The maximum absolute atomic E-state index is 12.6. The second-order valence-corrected chi connectivity index (χ2v) is 5.33. The van der Waals surface area contributed by atoms with Crippen molar-refractivity contribution < 1.29 is 9.72 Å². The van der Waals surface area contributed by atoms with Gasteiger partial charge >= 0.3 is 0 Å². The van der Waals surface area contributed by atoms with Crippen molar-refractivity contribution in [2.24, 2.45) is 5.84 Å². The Morgan fingerprint density at radius 3 is 2.86 bits per heavy atom. The van der Waals surface area contributed by atoms with Crippen LogP contribution in [0.15, 0.2) is 18.2 Å². The van der Waals surface area contributed by atoms with E-state index in [0.717, 1.165) is 32.2 Å². The molecule has 2 rings (SSSR count). The molecule has 1 unspecified atom stereocenters. The maximum atomic E-state index is 12.6. The molecule has 0 radical (unpaired) electrons. The molecule has 0 aliphatic carbocycles. The van der Waals surface area contributed by atoms with Crippen molar-refractivity contribution in [3.05, 3.63) is 33.9 Å². The third-order valence-electron chi connectivity index (χ3n) is 3.91. The van der Waals surface area contributed by atoms with Crippen molar-refractivity contribution >= 4 is 17.3 Å². The minimum absolute atomic E-state index is 0.101. The van der Waals surface area contributed by atoms with E-state index in [0.29, 0.717) is 5.56 Å². The zero-order valence-electron chi connectivity index (χ0n) is 12.0. The average Bonchev–Trinajstić information content (AvgIpc) is 2.70. The zero-order valence-corrected chi connectivity index (χ0v) is 12.0. The number of hydrogen-bond acceptors (Lipinski definition) is 5. The molecule has 0 saturated carbocycles. The van der Waals surface area contributed by atoms with Crippen molar-refractivity contribution in [1.82, 2.24) is 4.90 Å². The van der Waals surface area contributed by atoms with Crippen LogP contribution in [0.25, 0.3) is 0 Å². The number of benzene rings is 1. The van der Waals surface area contributed by atoms with Crippen molar-refractivity contribution in [2.75, 3.05) is 12.0 Å². The Kier molecular flexibility index (Phi) is 4.74. The largest absolute Gasteiger partial charge is 0.336 e. The molecule has 1 atom stereocenters. The number of nitrogens with one attached hydrogen (secondary N) is 1. The molecular formula is C14H20N4O3. The fraction of sp³-hybridized carbons (Fsp3) is 0.500. The second kappa shape index (κ2) is 6.53. The number of nitro groups is 1. The number of nitrogens with zero attached hydrogens (tertiary/aromatic N) is 2. The second-order valence-electron chi connectivity index (χ2n) is 5.33. The Morgan fingerprint density at radius 2 is 2.19 bits per heavy atom. The highest BCUT2D eigenvalue weighted by molar-refractivity contribution is 5.96. The van der Waals surface area contributed by atoms with E-state index in [9.17, 15) is 14.9 Å². The molecule has 1 aliphatic rings. The summed E-state index contributed by atoms with van der Waals surface area (Å²) in [7, 11) is 0. The Morgan fingerprint density at radius 1 is 1.43 bits per heavy atom. The molecule has 1 fully saturated rings. The topological polar surface area (TPSA) is 102 Å². The van der Waals surface area contributed by atoms with Crippen molar-refractivity contribution in [3.63, 3.8) is 0 Å². The van der Waals surface area contributed by atoms with Gasteiger partial charge < -0.3 is 10.3 Å². The molecule has 1 amide bonds. The van der Waals surface area contributed by atoms with Gasteiger partial charge in [0.05, 0.1) is 4.92 Å². The highest BCUT2D eigenvalue weighted by atomic mass is 16.6. The summed E-state index contributed by atoms with van der Waals surface area (Å²) in [6.07, 6.45) is 4.23. The number of likely N-dealkylation sites (tertiary alicyclic amines) is 1. The first-order valence-electron chi connectivity index (χ1n) is 7.10. The number of anilines is 1. The predicted molar refractivity (Wildman–Crippen MR) is 79.9 cm³/mol. The van der Waals surface area contributed by atoms with Crippen LogP contribution >= 0.6 is 0 Å². The number of nitro benzene ring substituents is 1. The highest BCUT2D eigenvalue weighted by Gasteiger charge is 2.24. The monoisotopic (exact) mass is 292 g/mol. The van der Waals surface area contributed by atoms with E-state index in [4.69, 9.17) is 5.84 Å². The van der Waals surface area contributed by atoms with Crippen molar-refractivity contribution in [1.29, 1.82) is 0 Å². The lowest BCUT2D eigenvalue weighted by atomic mass is 10.1. The fourth-order valence-corrected chi connectivity index (χ4v) is 2.69. The molecule has 7 heteroatoms. The summed E-state index contributed by atoms with van der Waals surface area (Å²) >= 11 is 0. The van der Waals surface area contributed by atoms with E-state index in [1.807, 2.05) is 11.8 Å². The Hall–Kier alpha value is -2.15. The number of hydrogen-bond donors (Lipinski definition) is 2. The van der Waals surface area contributed by atoms with Crippen LogP contribution in [0.5, 0.6) is 0 Å². The first kappa shape index (κ1) is 15.2. The van der Waals surface area contributed by atoms with Crippen LogP contribution in [0, 0.1) is 10.1 Å². The van der Waals surface area contributed by atoms with Gasteiger partial charge in [0.1, 0.15) is 5.69 Å². The number of nitrogens with two attached hydrogens (primary N) is 1. The molecular weight excluding hydrogens is 272 g/mol. The van der Waals surface area contributed by atoms with Crippen LogP contribution in [0.1, 0.15) is 43.0 Å². The Bertz CT molecular complexity index is 547. The Labute approximate surface area is 123 Å². The minimum Gasteiger partial charge on any atom is -0.336 e. The summed E-state index contributed by atoms with van der Waals surface area (Å²) in [5.41, 5.74) is 2.71. The lowest BCUT2D eigenvalue weighted by Gasteiger charge is -2.27. The van der Waals surface area contributed by atoms with E-state index in [1.54, 1.807) is 0 Å². The van der Waals surface area contributed by atoms with E-state index >= 15 is 0 Å². The van der Waals surface area contributed by atoms with Gasteiger partial charge in [0, 0.05) is 24.2 Å². The molecule has 1 aliphatic heterocycles. The summed E-state index contributed by atoms with van der Waals surface area (Å²) in [5.74, 6) is 5.21. The molecule has 3 N–H and O–H groups in total. The first-order chi connectivity index (χ1) is 10.0. The predicted octanol–water partition coefficient (Wildman–Crippen LogP) is 2.29. The highest BCUT2D eigenvalue weighted by Crippen LogP contribution is 2.26. The van der Waals surface area contributed by atoms with Gasteiger partial charge in [-0.1, -0.05) is 12.8 Å². The maximum Gasteiger partial charge on any atom is 0.293 e. The third kappa shape index (κ3) is 3.30. The van der Waals surface area contributed by atoms with Gasteiger partial charge in [-0.05, 0) is 31.9 Å². The van der Waals surface area contributed by atoms with Crippen molar-refractivity contribution in [2.45, 2.75) is 38.6 Å². The average molecular weight is 292 g/mol. The summed E-state index contributed by atoms with van der Waals surface area (Å²) in [6, 6.07) is 4.42. The third-order valence-corrected chi connectivity index (χ3v) is 3.91. The molecule has 1 heterocycles. The standard InChI is InChI=1S/C14H20N4O3/c1-10-5-3-2-4-8-17(10)14(19)11-6-7-13(18(20)21)12(9-11)16-15/h6-7,9-10,16H,2-5,8,15H2,1H3. The molecule has 21 heavy (non-hydrogen) atoms. The van der Waals surface area contributed by atoms with Gasteiger partial charge in [0.25, 0.3) is 11.6 Å². The quantitative estimate of drug-likeness (QED) is 0.505. The Balaban J connectivity index is 2.28. The van der Waals surface area contributed by atoms with Crippen molar-refractivity contribution in [3.8, 4) is 0 Å². The number of carbonyl (C=O) groups is 1. The summed E-state index contributed by atoms with van der Waals surface area (Å²) < 4.78 is 0. The number of carbonyl (C=O) groups excluding carboxylic acids is 1. The number of amides is 1. The number of rotatable bonds is 3. The van der Waals surface area contributed by atoms with Crippen LogP contribution in [-0.2, 0) is 0 Å². The molecule has 0 spiro atoms. The van der Waals surface area contributed by atoms with Crippen LogP contribution < -0.4 is 11.3 Å². The molecule has 1 saturated heterocycles. The van der Waals surface area contributed by atoms with Gasteiger partial charge in [-0.25, -0.2) is 0 Å². The zero-order chi connectivity index (χ0) is 15.4. The van der Waals surface area contributed by atoms with Crippen LogP contribution in [0.2, 0.25) is 0 Å². The first-order valence-corrected chi connectivity index (χ1v) is 7.10. The molecule has 7 nitrogen and oxygen atoms in total. The van der Waals surface area contributed by atoms with E-state index < -0.39 is 4.92 Å². The summed E-state index contributed by atoms with van der Waals surface area (Å²) in [5, 5.41) is 10.9. The fourth-order valence-electron chi connectivity index (χ4n) is 2.69.